The van der Waals surface area contributed by atoms with E-state index in [2.05, 4.69) is 5.32 Å². The van der Waals surface area contributed by atoms with E-state index in [1.165, 1.54) is 0 Å². The molecule has 1 aliphatic rings. The summed E-state index contributed by atoms with van der Waals surface area (Å²) in [5, 5.41) is 2.91. The van der Waals surface area contributed by atoms with E-state index in [1.807, 2.05) is 38.1 Å². The van der Waals surface area contributed by atoms with Gasteiger partial charge in [0, 0.05) is 22.9 Å². The van der Waals surface area contributed by atoms with Gasteiger partial charge in [-0.2, -0.15) is 0 Å². The fourth-order valence-electron chi connectivity index (χ4n) is 3.33. The van der Waals surface area contributed by atoms with Gasteiger partial charge in [-0.25, -0.2) is 0 Å². The van der Waals surface area contributed by atoms with Gasteiger partial charge >= 0.3 is 0 Å². The Labute approximate surface area is 181 Å². The molecule has 3 aromatic carbocycles. The Morgan fingerprint density at radius 2 is 1.74 bits per heavy atom. The molecule has 0 aromatic heterocycles. The summed E-state index contributed by atoms with van der Waals surface area (Å²) in [6, 6.07) is 18.5. The Kier molecular flexibility index (Phi) is 6.26. The molecule has 0 saturated carbocycles. The van der Waals surface area contributed by atoms with Crippen LogP contribution < -0.4 is 24.3 Å². The highest BCUT2D eigenvalue weighted by molar-refractivity contribution is 6.04. The monoisotopic (exact) mass is 419 g/mol. The van der Waals surface area contributed by atoms with E-state index >= 15 is 0 Å². The molecule has 6 heteroatoms. The fraction of sp³-hybridized carbons (Fsp3) is 0.240. The molecule has 1 heterocycles. The maximum absolute atomic E-state index is 12.9. The first-order valence-corrected chi connectivity index (χ1v) is 10.3. The van der Waals surface area contributed by atoms with Gasteiger partial charge in [-0.05, 0) is 55.8 Å². The number of nitrogens with one attached hydrogen (secondary N) is 1. The van der Waals surface area contributed by atoms with Gasteiger partial charge in [0.1, 0.15) is 31.3 Å². The highest BCUT2D eigenvalue weighted by atomic mass is 16.6. The van der Waals surface area contributed by atoms with E-state index in [0.717, 1.165) is 16.9 Å². The summed E-state index contributed by atoms with van der Waals surface area (Å²) in [5.74, 6) is 2.59. The zero-order valence-corrected chi connectivity index (χ0v) is 17.6. The Morgan fingerprint density at radius 3 is 2.55 bits per heavy atom. The molecule has 6 nitrogen and oxygen atoms in total. The SMILES string of the molecule is CCOc1ccc(C(=O)Nc2ccc3c(c2)OCCO3)cc1COc1ccccc1C. The predicted molar refractivity (Wildman–Crippen MR) is 119 cm³/mol. The zero-order valence-electron chi connectivity index (χ0n) is 17.6. The Morgan fingerprint density at radius 1 is 0.935 bits per heavy atom. The van der Waals surface area contributed by atoms with Crippen LogP contribution in [0.25, 0.3) is 0 Å². The van der Waals surface area contributed by atoms with Crippen LogP contribution in [0.15, 0.2) is 60.7 Å². The first kappa shape index (κ1) is 20.6. The molecule has 3 aromatic rings. The van der Waals surface area contributed by atoms with Gasteiger partial charge in [-0.15, -0.1) is 0 Å². The lowest BCUT2D eigenvalue weighted by molar-refractivity contribution is 0.102. The smallest absolute Gasteiger partial charge is 0.255 e. The van der Waals surface area contributed by atoms with Crippen molar-refractivity contribution in [2.75, 3.05) is 25.1 Å². The molecular formula is C25H25NO5. The van der Waals surface area contributed by atoms with Crippen molar-refractivity contribution in [2.45, 2.75) is 20.5 Å². The molecule has 0 bridgehead atoms. The minimum Gasteiger partial charge on any atom is -0.493 e. The topological polar surface area (TPSA) is 66.0 Å². The number of amides is 1. The lowest BCUT2D eigenvalue weighted by Gasteiger charge is -2.19. The van der Waals surface area contributed by atoms with Gasteiger partial charge in [0.05, 0.1) is 6.61 Å². The van der Waals surface area contributed by atoms with E-state index in [4.69, 9.17) is 18.9 Å². The van der Waals surface area contributed by atoms with Crippen molar-refractivity contribution in [3.63, 3.8) is 0 Å². The summed E-state index contributed by atoms with van der Waals surface area (Å²) < 4.78 is 22.8. The second-order valence-corrected chi connectivity index (χ2v) is 7.12. The van der Waals surface area contributed by atoms with Crippen molar-refractivity contribution in [2.24, 2.45) is 0 Å². The number of hydrogen-bond donors (Lipinski definition) is 1. The van der Waals surface area contributed by atoms with Gasteiger partial charge in [0.25, 0.3) is 5.91 Å². The number of aryl methyl sites for hydroxylation is 1. The molecule has 1 amide bonds. The van der Waals surface area contributed by atoms with Crippen molar-refractivity contribution in [1.29, 1.82) is 0 Å². The van der Waals surface area contributed by atoms with Crippen LogP contribution in [0.4, 0.5) is 5.69 Å². The highest BCUT2D eigenvalue weighted by Crippen LogP contribution is 2.33. The summed E-state index contributed by atoms with van der Waals surface area (Å²) in [7, 11) is 0. The van der Waals surface area contributed by atoms with Gasteiger partial charge in [0.15, 0.2) is 11.5 Å². The van der Waals surface area contributed by atoms with E-state index in [0.29, 0.717) is 54.9 Å². The number of carbonyl (C=O) groups is 1. The van der Waals surface area contributed by atoms with Gasteiger partial charge in [0.2, 0.25) is 0 Å². The van der Waals surface area contributed by atoms with Crippen LogP contribution in [0.1, 0.15) is 28.4 Å². The van der Waals surface area contributed by atoms with Gasteiger partial charge in [-0.3, -0.25) is 4.79 Å². The van der Waals surface area contributed by atoms with Crippen LogP contribution in [0.3, 0.4) is 0 Å². The molecule has 31 heavy (non-hydrogen) atoms. The summed E-state index contributed by atoms with van der Waals surface area (Å²) in [6.07, 6.45) is 0. The summed E-state index contributed by atoms with van der Waals surface area (Å²) in [4.78, 5) is 12.9. The molecule has 0 aliphatic carbocycles. The first-order chi connectivity index (χ1) is 15.1. The lowest BCUT2D eigenvalue weighted by atomic mass is 10.1. The molecule has 0 saturated heterocycles. The molecule has 0 spiro atoms. The van der Waals surface area contributed by atoms with E-state index < -0.39 is 0 Å². The number of carbonyl (C=O) groups excluding carboxylic acids is 1. The van der Waals surface area contributed by atoms with Crippen molar-refractivity contribution in [3.05, 3.63) is 77.4 Å². The van der Waals surface area contributed by atoms with E-state index in [-0.39, 0.29) is 5.91 Å². The summed E-state index contributed by atoms with van der Waals surface area (Å²) >= 11 is 0. The Bertz CT molecular complexity index is 1080. The lowest BCUT2D eigenvalue weighted by Crippen LogP contribution is -2.16. The van der Waals surface area contributed by atoms with Crippen LogP contribution in [0.2, 0.25) is 0 Å². The summed E-state index contributed by atoms with van der Waals surface area (Å²) in [6.45, 7) is 5.77. The van der Waals surface area contributed by atoms with Crippen LogP contribution in [0.5, 0.6) is 23.0 Å². The highest BCUT2D eigenvalue weighted by Gasteiger charge is 2.15. The van der Waals surface area contributed by atoms with Crippen molar-refractivity contribution in [3.8, 4) is 23.0 Å². The van der Waals surface area contributed by atoms with Crippen molar-refractivity contribution < 1.29 is 23.7 Å². The Hall–Kier alpha value is -3.67. The zero-order chi connectivity index (χ0) is 21.6. The molecule has 1 N–H and O–H groups in total. The molecule has 0 radical (unpaired) electrons. The minimum atomic E-state index is -0.225. The number of anilines is 1. The summed E-state index contributed by atoms with van der Waals surface area (Å²) in [5.41, 5.74) is 3.01. The third-order valence-corrected chi connectivity index (χ3v) is 4.90. The van der Waals surface area contributed by atoms with Crippen LogP contribution in [0, 0.1) is 6.92 Å². The molecule has 0 fully saturated rings. The number of rotatable bonds is 7. The molecule has 160 valence electrons. The van der Waals surface area contributed by atoms with Crippen LogP contribution >= 0.6 is 0 Å². The fourth-order valence-corrected chi connectivity index (χ4v) is 3.33. The Balaban J connectivity index is 1.51. The maximum atomic E-state index is 12.9. The van der Waals surface area contributed by atoms with Crippen molar-refractivity contribution in [1.82, 2.24) is 0 Å². The standard InChI is InChI=1S/C25H25NO5/c1-3-28-22-10-8-18(14-19(22)16-31-21-7-5-4-6-17(21)2)25(27)26-20-9-11-23-24(15-20)30-13-12-29-23/h4-11,14-15H,3,12-13,16H2,1-2H3,(H,26,27). The normalized spacial score (nSPS) is 12.2. The van der Waals surface area contributed by atoms with Gasteiger partial charge in [-0.1, -0.05) is 18.2 Å². The number of ether oxygens (including phenoxy) is 4. The number of hydrogen-bond acceptors (Lipinski definition) is 5. The maximum Gasteiger partial charge on any atom is 0.255 e. The quantitative estimate of drug-likeness (QED) is 0.584. The average molecular weight is 419 g/mol. The molecule has 4 rings (SSSR count). The first-order valence-electron chi connectivity index (χ1n) is 10.3. The molecule has 1 aliphatic heterocycles. The number of fused-ring (bicyclic) bond motifs is 1. The number of benzene rings is 3. The second-order valence-electron chi connectivity index (χ2n) is 7.12. The van der Waals surface area contributed by atoms with Crippen LogP contribution in [-0.4, -0.2) is 25.7 Å². The van der Waals surface area contributed by atoms with Crippen LogP contribution in [-0.2, 0) is 6.61 Å². The van der Waals surface area contributed by atoms with Gasteiger partial charge < -0.3 is 24.3 Å². The minimum absolute atomic E-state index is 0.225. The third-order valence-electron chi connectivity index (χ3n) is 4.90. The second kappa shape index (κ2) is 9.43. The van der Waals surface area contributed by atoms with E-state index in [9.17, 15) is 4.79 Å². The number of para-hydroxylation sites is 1. The third kappa shape index (κ3) is 4.91. The predicted octanol–water partition coefficient (Wildman–Crippen LogP) is 5.00. The molecule has 0 unspecified atom stereocenters. The largest absolute Gasteiger partial charge is 0.493 e. The van der Waals surface area contributed by atoms with Crippen molar-refractivity contribution >= 4 is 11.6 Å². The molecular weight excluding hydrogens is 394 g/mol. The van der Waals surface area contributed by atoms with E-state index in [1.54, 1.807) is 36.4 Å². The average Bonchev–Trinajstić information content (AvgIpc) is 2.79. The molecule has 0 atom stereocenters.